The van der Waals surface area contributed by atoms with Crippen LogP contribution in [0.4, 0.5) is 10.1 Å². The summed E-state index contributed by atoms with van der Waals surface area (Å²) in [5.41, 5.74) is 0.851. The zero-order valence-electron chi connectivity index (χ0n) is 11.6. The van der Waals surface area contributed by atoms with Gasteiger partial charge in [-0.15, -0.1) is 11.3 Å². The third-order valence-electron chi connectivity index (χ3n) is 2.83. The predicted octanol–water partition coefficient (Wildman–Crippen LogP) is 3.38. The summed E-state index contributed by atoms with van der Waals surface area (Å²) >= 11 is 1.25. The van der Waals surface area contributed by atoms with Gasteiger partial charge in [0.25, 0.3) is 5.91 Å². The lowest BCUT2D eigenvalue weighted by molar-refractivity contribution is -0.123. The van der Waals surface area contributed by atoms with Crippen LogP contribution in [-0.4, -0.2) is 18.0 Å². The summed E-state index contributed by atoms with van der Waals surface area (Å²) in [5, 5.41) is 4.16. The first-order valence-electron chi connectivity index (χ1n) is 6.29. The fourth-order valence-corrected chi connectivity index (χ4v) is 2.45. The number of anilines is 1. The van der Waals surface area contributed by atoms with Gasteiger partial charge in [0.05, 0.1) is 5.69 Å². The van der Waals surface area contributed by atoms with Crippen LogP contribution < -0.4 is 5.32 Å². The van der Waals surface area contributed by atoms with E-state index in [4.69, 9.17) is 4.74 Å². The molecule has 21 heavy (non-hydrogen) atoms. The molecule has 1 heterocycles. The predicted molar refractivity (Wildman–Crippen MR) is 79.0 cm³/mol. The van der Waals surface area contributed by atoms with E-state index >= 15 is 0 Å². The average molecular weight is 307 g/mol. The Hall–Kier alpha value is -2.21. The molecule has 6 heteroatoms. The van der Waals surface area contributed by atoms with Crippen LogP contribution in [0.1, 0.15) is 22.2 Å². The summed E-state index contributed by atoms with van der Waals surface area (Å²) in [5.74, 6) is -1.68. The molecule has 1 atom stereocenters. The number of benzene rings is 1. The van der Waals surface area contributed by atoms with Gasteiger partial charge in [0, 0.05) is 0 Å². The molecule has 110 valence electrons. The number of carbonyl (C=O) groups excluding carboxylic acids is 2. The number of amides is 1. The summed E-state index contributed by atoms with van der Waals surface area (Å²) < 4.78 is 18.5. The maximum Gasteiger partial charge on any atom is 0.349 e. The molecule has 0 spiro atoms. The third-order valence-corrected chi connectivity index (χ3v) is 3.83. The Morgan fingerprint density at radius 1 is 1.29 bits per heavy atom. The highest BCUT2D eigenvalue weighted by molar-refractivity contribution is 7.12. The van der Waals surface area contributed by atoms with Gasteiger partial charge in [-0.05, 0) is 43.0 Å². The van der Waals surface area contributed by atoms with Crippen LogP contribution in [0.15, 0.2) is 35.7 Å². The van der Waals surface area contributed by atoms with E-state index in [-0.39, 0.29) is 5.69 Å². The normalized spacial score (nSPS) is 11.8. The molecular formula is C15H14FNO3S. The zero-order chi connectivity index (χ0) is 15.4. The quantitative estimate of drug-likeness (QED) is 0.881. The molecule has 1 N–H and O–H groups in total. The topological polar surface area (TPSA) is 55.4 Å². The van der Waals surface area contributed by atoms with Crippen LogP contribution in [0.25, 0.3) is 0 Å². The Balaban J connectivity index is 1.99. The maximum atomic E-state index is 13.4. The molecule has 0 aliphatic heterocycles. The molecule has 0 bridgehead atoms. The Kier molecular flexibility index (Phi) is 4.70. The first-order chi connectivity index (χ1) is 9.99. The zero-order valence-corrected chi connectivity index (χ0v) is 12.4. The van der Waals surface area contributed by atoms with Crippen LogP contribution in [0.2, 0.25) is 0 Å². The average Bonchev–Trinajstić information content (AvgIpc) is 2.87. The number of thiophene rings is 1. The van der Waals surface area contributed by atoms with E-state index in [9.17, 15) is 14.0 Å². The molecule has 0 fully saturated rings. The number of ether oxygens (including phenoxy) is 1. The summed E-state index contributed by atoms with van der Waals surface area (Å²) in [6.45, 7) is 3.23. The van der Waals surface area contributed by atoms with Crippen molar-refractivity contribution < 1.29 is 18.7 Å². The van der Waals surface area contributed by atoms with Gasteiger partial charge in [-0.3, -0.25) is 4.79 Å². The van der Waals surface area contributed by atoms with Crippen LogP contribution in [0.5, 0.6) is 0 Å². The molecule has 0 radical (unpaired) electrons. The highest BCUT2D eigenvalue weighted by atomic mass is 32.1. The van der Waals surface area contributed by atoms with Crippen molar-refractivity contribution in [2.45, 2.75) is 20.0 Å². The van der Waals surface area contributed by atoms with Gasteiger partial charge in [-0.1, -0.05) is 12.1 Å². The highest BCUT2D eigenvalue weighted by Crippen LogP contribution is 2.18. The van der Waals surface area contributed by atoms with E-state index in [2.05, 4.69) is 5.32 Å². The van der Waals surface area contributed by atoms with Crippen molar-refractivity contribution in [2.24, 2.45) is 0 Å². The van der Waals surface area contributed by atoms with Gasteiger partial charge in [0.15, 0.2) is 6.10 Å². The minimum Gasteiger partial charge on any atom is -0.448 e. The van der Waals surface area contributed by atoms with E-state index in [0.717, 1.165) is 5.56 Å². The van der Waals surface area contributed by atoms with E-state index in [1.165, 1.54) is 36.5 Å². The van der Waals surface area contributed by atoms with Crippen molar-refractivity contribution in [1.82, 2.24) is 0 Å². The van der Waals surface area contributed by atoms with Crippen LogP contribution in [0, 0.1) is 12.7 Å². The second-order valence-corrected chi connectivity index (χ2v) is 5.37. The smallest absolute Gasteiger partial charge is 0.349 e. The van der Waals surface area contributed by atoms with Gasteiger partial charge in [0.1, 0.15) is 10.7 Å². The molecule has 2 aromatic rings. The van der Waals surface area contributed by atoms with Crippen molar-refractivity contribution in [1.29, 1.82) is 0 Å². The molecule has 1 aromatic carbocycles. The minimum absolute atomic E-state index is 0.0534. The monoisotopic (exact) mass is 307 g/mol. The second-order valence-electron chi connectivity index (χ2n) is 4.45. The molecule has 1 unspecified atom stereocenters. The SMILES string of the molecule is Cc1ccsc1C(=O)OC(C)C(=O)Nc1ccccc1F. The first-order valence-corrected chi connectivity index (χ1v) is 7.17. The molecule has 1 aromatic heterocycles. The minimum atomic E-state index is -1.02. The molecule has 2 rings (SSSR count). The van der Waals surface area contributed by atoms with E-state index in [0.29, 0.717) is 4.88 Å². The van der Waals surface area contributed by atoms with Crippen LogP contribution >= 0.6 is 11.3 Å². The van der Waals surface area contributed by atoms with Gasteiger partial charge < -0.3 is 10.1 Å². The standard InChI is InChI=1S/C15H14FNO3S/c1-9-7-8-21-13(9)15(19)20-10(2)14(18)17-12-6-4-3-5-11(12)16/h3-8,10H,1-2H3,(H,17,18). The fourth-order valence-electron chi connectivity index (χ4n) is 1.65. The van der Waals surface area contributed by atoms with Gasteiger partial charge >= 0.3 is 5.97 Å². The first kappa shape index (κ1) is 15.2. The number of carbonyl (C=O) groups is 2. The maximum absolute atomic E-state index is 13.4. The van der Waals surface area contributed by atoms with Crippen molar-refractivity contribution in [2.75, 3.05) is 5.32 Å². The van der Waals surface area contributed by atoms with E-state index in [1.807, 2.05) is 0 Å². The van der Waals surface area contributed by atoms with Gasteiger partial charge in [-0.2, -0.15) is 0 Å². The molecule has 0 saturated carbocycles. The van der Waals surface area contributed by atoms with E-state index in [1.54, 1.807) is 24.4 Å². The lowest BCUT2D eigenvalue weighted by Crippen LogP contribution is -2.30. The van der Waals surface area contributed by atoms with E-state index < -0.39 is 23.8 Å². The van der Waals surface area contributed by atoms with Crippen molar-refractivity contribution >= 4 is 28.9 Å². The Morgan fingerprint density at radius 2 is 2.00 bits per heavy atom. The molecular weight excluding hydrogens is 293 g/mol. The second kappa shape index (κ2) is 6.49. The fraction of sp³-hybridized carbons (Fsp3) is 0.200. The van der Waals surface area contributed by atoms with Crippen LogP contribution in [-0.2, 0) is 9.53 Å². The Labute approximate surface area is 125 Å². The molecule has 1 amide bonds. The third kappa shape index (κ3) is 3.66. The molecule has 0 aliphatic rings. The summed E-state index contributed by atoms with van der Waals surface area (Å²) in [7, 11) is 0. The lowest BCUT2D eigenvalue weighted by atomic mass is 10.2. The van der Waals surface area contributed by atoms with Gasteiger partial charge in [-0.25, -0.2) is 9.18 Å². The number of rotatable bonds is 4. The van der Waals surface area contributed by atoms with Crippen LogP contribution in [0.3, 0.4) is 0 Å². The number of aryl methyl sites for hydroxylation is 1. The summed E-state index contributed by atoms with van der Waals surface area (Å²) in [6, 6.07) is 7.59. The highest BCUT2D eigenvalue weighted by Gasteiger charge is 2.21. The molecule has 0 saturated heterocycles. The van der Waals surface area contributed by atoms with Crippen molar-refractivity contribution in [3.8, 4) is 0 Å². The number of nitrogens with one attached hydrogen (secondary N) is 1. The Bertz CT molecular complexity index is 668. The molecule has 0 aliphatic carbocycles. The Morgan fingerprint density at radius 3 is 2.62 bits per heavy atom. The van der Waals surface area contributed by atoms with Gasteiger partial charge in [0.2, 0.25) is 0 Å². The number of esters is 1. The molecule has 4 nitrogen and oxygen atoms in total. The summed E-state index contributed by atoms with van der Waals surface area (Å²) in [4.78, 5) is 24.3. The summed E-state index contributed by atoms with van der Waals surface area (Å²) in [6.07, 6.45) is -1.02. The number of hydrogen-bond donors (Lipinski definition) is 1. The number of para-hydroxylation sites is 1. The van der Waals surface area contributed by atoms with Crippen molar-refractivity contribution in [3.63, 3.8) is 0 Å². The number of halogens is 1. The lowest BCUT2D eigenvalue weighted by Gasteiger charge is -2.13. The number of hydrogen-bond acceptors (Lipinski definition) is 4. The largest absolute Gasteiger partial charge is 0.448 e. The van der Waals surface area contributed by atoms with Crippen molar-refractivity contribution in [3.05, 3.63) is 52.0 Å².